The molecule has 0 amide bonds. The van der Waals surface area contributed by atoms with Crippen molar-refractivity contribution >= 4 is 22.6 Å². The molecule has 0 fully saturated rings. The van der Waals surface area contributed by atoms with Crippen molar-refractivity contribution < 1.29 is 4.42 Å². The van der Waals surface area contributed by atoms with Crippen LogP contribution in [0, 0.1) is 0 Å². The number of hydrogen-bond donors (Lipinski definition) is 0. The monoisotopic (exact) mass is 262 g/mol. The summed E-state index contributed by atoms with van der Waals surface area (Å²) in [4.78, 5) is 12.5. The molecule has 2 aromatic carbocycles. The number of allylic oxidation sites excluding steroid dienone is 1. The minimum atomic E-state index is 0.0107. The average Bonchev–Trinajstić information content (AvgIpc) is 2.49. The van der Waals surface area contributed by atoms with Crippen LogP contribution in [-0.2, 0) is 0 Å². The van der Waals surface area contributed by atoms with Crippen LogP contribution in [0.2, 0.25) is 0 Å². The van der Waals surface area contributed by atoms with Gasteiger partial charge in [0.1, 0.15) is 11.8 Å². The molecule has 0 bridgehead atoms. The summed E-state index contributed by atoms with van der Waals surface area (Å²) in [7, 11) is 0. The van der Waals surface area contributed by atoms with Crippen LogP contribution in [-0.4, -0.2) is 0 Å². The number of fused-ring (bicyclic) bond motifs is 1. The standard InChI is InChI=1S/C18H14O2/c1-13(11-14-7-3-2-4-8-14)16-12-20-17-10-6-5-9-15(17)18(16)19/h2-12H,1H3/b13-11+. The number of hydrogen-bond acceptors (Lipinski definition) is 2. The van der Waals surface area contributed by atoms with Gasteiger partial charge in [0, 0.05) is 0 Å². The Hall–Kier alpha value is -2.61. The fraction of sp³-hybridized carbons (Fsp3) is 0.0556. The van der Waals surface area contributed by atoms with E-state index in [1.807, 2.05) is 55.5 Å². The molecule has 2 nitrogen and oxygen atoms in total. The minimum Gasteiger partial charge on any atom is -0.463 e. The summed E-state index contributed by atoms with van der Waals surface area (Å²) in [6, 6.07) is 17.2. The lowest BCUT2D eigenvalue weighted by molar-refractivity contribution is 0.600. The van der Waals surface area contributed by atoms with E-state index >= 15 is 0 Å². The maximum Gasteiger partial charge on any atom is 0.200 e. The third kappa shape index (κ3) is 2.28. The number of rotatable bonds is 2. The molecule has 2 heteroatoms. The van der Waals surface area contributed by atoms with E-state index in [1.165, 1.54) is 0 Å². The van der Waals surface area contributed by atoms with E-state index in [2.05, 4.69) is 0 Å². The number of para-hydroxylation sites is 1. The van der Waals surface area contributed by atoms with Crippen LogP contribution in [0.5, 0.6) is 0 Å². The second kappa shape index (κ2) is 5.17. The van der Waals surface area contributed by atoms with E-state index in [4.69, 9.17) is 4.42 Å². The van der Waals surface area contributed by atoms with E-state index in [9.17, 15) is 4.79 Å². The van der Waals surface area contributed by atoms with Gasteiger partial charge >= 0.3 is 0 Å². The van der Waals surface area contributed by atoms with Crippen molar-refractivity contribution in [3.05, 3.63) is 82.2 Å². The van der Waals surface area contributed by atoms with Gasteiger partial charge in [0.15, 0.2) is 5.43 Å². The summed E-state index contributed by atoms with van der Waals surface area (Å²) >= 11 is 0. The molecule has 0 aliphatic carbocycles. The van der Waals surface area contributed by atoms with Crippen molar-refractivity contribution in [1.82, 2.24) is 0 Å². The Morgan fingerprint density at radius 1 is 1.00 bits per heavy atom. The molecule has 20 heavy (non-hydrogen) atoms. The van der Waals surface area contributed by atoms with Gasteiger partial charge in [-0.05, 0) is 30.2 Å². The molecule has 1 heterocycles. The highest BCUT2D eigenvalue weighted by atomic mass is 16.3. The van der Waals surface area contributed by atoms with E-state index in [0.717, 1.165) is 11.1 Å². The van der Waals surface area contributed by atoms with Crippen LogP contribution >= 0.6 is 0 Å². The Labute approximate surface area is 117 Å². The first-order valence-corrected chi connectivity index (χ1v) is 6.50. The highest BCUT2D eigenvalue weighted by molar-refractivity contribution is 5.85. The van der Waals surface area contributed by atoms with Crippen LogP contribution in [0.15, 0.2) is 70.1 Å². The van der Waals surface area contributed by atoms with Crippen molar-refractivity contribution in [2.24, 2.45) is 0 Å². The Bertz CT molecular complexity index is 827. The predicted molar refractivity (Wildman–Crippen MR) is 82.5 cm³/mol. The fourth-order valence-electron chi connectivity index (χ4n) is 2.23. The highest BCUT2D eigenvalue weighted by Crippen LogP contribution is 2.18. The highest BCUT2D eigenvalue weighted by Gasteiger charge is 2.07. The van der Waals surface area contributed by atoms with Gasteiger partial charge in [-0.15, -0.1) is 0 Å². The quantitative estimate of drug-likeness (QED) is 0.687. The van der Waals surface area contributed by atoms with Crippen molar-refractivity contribution in [1.29, 1.82) is 0 Å². The Balaban J connectivity index is 2.13. The molecule has 1 aromatic heterocycles. The normalized spacial score (nSPS) is 11.8. The Morgan fingerprint density at radius 2 is 1.70 bits per heavy atom. The molecule has 0 N–H and O–H groups in total. The third-order valence-corrected chi connectivity index (χ3v) is 3.29. The second-order valence-electron chi connectivity index (χ2n) is 4.71. The van der Waals surface area contributed by atoms with E-state index in [-0.39, 0.29) is 5.43 Å². The first-order valence-electron chi connectivity index (χ1n) is 6.50. The van der Waals surface area contributed by atoms with Gasteiger partial charge in [0.25, 0.3) is 0 Å². The van der Waals surface area contributed by atoms with Gasteiger partial charge < -0.3 is 4.42 Å². The average molecular weight is 262 g/mol. The van der Waals surface area contributed by atoms with Gasteiger partial charge in [-0.2, -0.15) is 0 Å². The van der Waals surface area contributed by atoms with Crippen molar-refractivity contribution in [3.63, 3.8) is 0 Å². The first-order chi connectivity index (χ1) is 9.75. The van der Waals surface area contributed by atoms with Crippen molar-refractivity contribution in [2.75, 3.05) is 0 Å². The SMILES string of the molecule is C/C(=C\c1ccccc1)c1coc2ccccc2c1=O. The Kier molecular flexibility index (Phi) is 3.21. The van der Waals surface area contributed by atoms with Gasteiger partial charge in [-0.1, -0.05) is 48.5 Å². The molecular weight excluding hydrogens is 248 g/mol. The van der Waals surface area contributed by atoms with Gasteiger partial charge in [-0.25, -0.2) is 0 Å². The summed E-state index contributed by atoms with van der Waals surface area (Å²) < 4.78 is 5.54. The molecule has 98 valence electrons. The smallest absolute Gasteiger partial charge is 0.200 e. The zero-order valence-electron chi connectivity index (χ0n) is 11.2. The molecular formula is C18H14O2. The molecule has 0 aliphatic heterocycles. The van der Waals surface area contributed by atoms with E-state index < -0.39 is 0 Å². The summed E-state index contributed by atoms with van der Waals surface area (Å²) in [6.07, 6.45) is 3.53. The molecule has 3 aromatic rings. The summed E-state index contributed by atoms with van der Waals surface area (Å²) in [5.41, 5.74) is 3.20. The van der Waals surface area contributed by atoms with Gasteiger partial charge in [0.2, 0.25) is 0 Å². The molecule has 0 unspecified atom stereocenters. The van der Waals surface area contributed by atoms with Crippen LogP contribution < -0.4 is 5.43 Å². The molecule has 0 aliphatic rings. The maximum atomic E-state index is 12.5. The minimum absolute atomic E-state index is 0.0107. The number of benzene rings is 2. The molecule has 3 rings (SSSR count). The third-order valence-electron chi connectivity index (χ3n) is 3.29. The maximum absolute atomic E-state index is 12.5. The van der Waals surface area contributed by atoms with Crippen LogP contribution in [0.1, 0.15) is 18.1 Å². The molecule has 0 saturated carbocycles. The Morgan fingerprint density at radius 3 is 2.50 bits per heavy atom. The largest absolute Gasteiger partial charge is 0.463 e. The van der Waals surface area contributed by atoms with Crippen molar-refractivity contribution in [2.45, 2.75) is 6.92 Å². The first kappa shape index (κ1) is 12.4. The van der Waals surface area contributed by atoms with E-state index in [0.29, 0.717) is 16.5 Å². The van der Waals surface area contributed by atoms with Crippen LogP contribution in [0.25, 0.3) is 22.6 Å². The lowest BCUT2D eigenvalue weighted by Gasteiger charge is -2.03. The van der Waals surface area contributed by atoms with Crippen LogP contribution in [0.3, 0.4) is 0 Å². The fourth-order valence-corrected chi connectivity index (χ4v) is 2.23. The predicted octanol–water partition coefficient (Wildman–Crippen LogP) is 4.35. The molecule has 0 spiro atoms. The molecule has 0 saturated heterocycles. The molecule has 0 atom stereocenters. The molecule has 0 radical (unpaired) electrons. The van der Waals surface area contributed by atoms with E-state index in [1.54, 1.807) is 18.4 Å². The summed E-state index contributed by atoms with van der Waals surface area (Å²) in [6.45, 7) is 1.92. The zero-order valence-corrected chi connectivity index (χ0v) is 11.2. The van der Waals surface area contributed by atoms with Gasteiger partial charge in [0.05, 0.1) is 10.9 Å². The van der Waals surface area contributed by atoms with Crippen LogP contribution in [0.4, 0.5) is 0 Å². The van der Waals surface area contributed by atoms with Gasteiger partial charge in [-0.3, -0.25) is 4.79 Å². The zero-order chi connectivity index (χ0) is 13.9. The second-order valence-corrected chi connectivity index (χ2v) is 4.71. The summed E-state index contributed by atoms with van der Waals surface area (Å²) in [5.74, 6) is 0. The summed E-state index contributed by atoms with van der Waals surface area (Å²) in [5, 5.41) is 0.616. The van der Waals surface area contributed by atoms with Crippen molar-refractivity contribution in [3.8, 4) is 0 Å². The lowest BCUT2D eigenvalue weighted by Crippen LogP contribution is -2.06. The topological polar surface area (TPSA) is 30.2 Å². The lowest BCUT2D eigenvalue weighted by atomic mass is 10.0.